The zero-order chi connectivity index (χ0) is 39.7. The number of methoxy groups -OCH3 is 1. The molecule has 4 rings (SSSR count). The highest BCUT2D eigenvalue weighted by Gasteiger charge is 2.26. The van der Waals surface area contributed by atoms with Crippen molar-refractivity contribution in [1.82, 2.24) is 0 Å². The number of nitrogen functional groups attached to an aromatic ring is 1. The highest BCUT2D eigenvalue weighted by Crippen LogP contribution is 2.49. The Hall–Kier alpha value is -4.63. The minimum Gasteiger partial charge on any atom is -0.505 e. The molecule has 0 amide bonds. The number of azo groups is 2. The van der Waals surface area contributed by atoms with Gasteiger partial charge in [-0.05, 0) is 82.5 Å². The molecule has 0 heterocycles. The quantitative estimate of drug-likeness (QED) is 0.0123. The molecule has 0 radical (unpaired) electrons. The van der Waals surface area contributed by atoms with Gasteiger partial charge in [0.15, 0.2) is 21.7 Å². The molecular formula is C29H29N5O16S5. The molecule has 0 aliphatic carbocycles. The normalized spacial score (nSPS) is 12.1. The number of sulfone groups is 1. The van der Waals surface area contributed by atoms with Crippen molar-refractivity contribution in [3.8, 4) is 22.9 Å². The van der Waals surface area contributed by atoms with Crippen LogP contribution in [-0.4, -0.2) is 63.1 Å². The van der Waals surface area contributed by atoms with Crippen molar-refractivity contribution in [3.63, 3.8) is 0 Å². The Morgan fingerprint density at radius 3 is 2.22 bits per heavy atom. The van der Waals surface area contributed by atoms with Crippen LogP contribution in [0.3, 0.4) is 0 Å². The molecule has 0 spiro atoms. The van der Waals surface area contributed by atoms with Gasteiger partial charge in [0.1, 0.15) is 27.7 Å². The molecule has 26 heteroatoms. The number of hydrogen-bond donors (Lipinski definition) is 5. The van der Waals surface area contributed by atoms with Crippen molar-refractivity contribution >= 4 is 93.4 Å². The van der Waals surface area contributed by atoms with E-state index in [4.69, 9.17) is 20.3 Å². The fraction of sp³-hybridized carbons (Fsp3) is 0.172. The first-order valence-electron chi connectivity index (χ1n) is 14.6. The van der Waals surface area contributed by atoms with E-state index in [0.717, 1.165) is 23.9 Å². The van der Waals surface area contributed by atoms with E-state index in [1.807, 2.05) is 13.0 Å². The second-order valence-electron chi connectivity index (χ2n) is 10.3. The molecule has 0 saturated carbocycles. The molecule has 0 unspecified atom stereocenters. The van der Waals surface area contributed by atoms with Crippen molar-refractivity contribution in [2.24, 2.45) is 20.5 Å². The molecule has 0 fully saturated rings. The maximum Gasteiger partial charge on any atom is 0.433 e. The summed E-state index contributed by atoms with van der Waals surface area (Å²) < 4.78 is 104. The highest BCUT2D eigenvalue weighted by atomic mass is 32.3. The lowest BCUT2D eigenvalue weighted by atomic mass is 10.1. The number of rotatable bonds is 16. The number of aromatic hydroxyl groups is 1. The zero-order valence-corrected chi connectivity index (χ0v) is 32.1. The minimum absolute atomic E-state index is 0. The summed E-state index contributed by atoms with van der Waals surface area (Å²) in [4.78, 5) is 3.52. The molecule has 0 aliphatic heterocycles. The number of ether oxygens (including phenoxy) is 1. The van der Waals surface area contributed by atoms with Crippen molar-refractivity contribution in [3.05, 3.63) is 54.6 Å². The topological polar surface area (TPSA) is 336 Å². The fourth-order valence-electron chi connectivity index (χ4n) is 4.37. The number of anilines is 1. The molecule has 0 atom stereocenters. The molecular weight excluding hydrogens is 835 g/mol. The molecule has 0 aliphatic rings. The van der Waals surface area contributed by atoms with Crippen molar-refractivity contribution in [1.29, 1.82) is 0 Å². The van der Waals surface area contributed by atoms with E-state index in [2.05, 4.69) is 44.3 Å². The van der Waals surface area contributed by atoms with E-state index >= 15 is 0 Å². The summed E-state index contributed by atoms with van der Waals surface area (Å²) in [7, 11) is -12.4. The van der Waals surface area contributed by atoms with Gasteiger partial charge in [0.05, 0.1) is 51.5 Å². The summed E-state index contributed by atoms with van der Waals surface area (Å²) in [6.07, 6.45) is 2.92. The first kappa shape index (κ1) is 44.8. The monoisotopic (exact) mass is 863 g/mol. The summed E-state index contributed by atoms with van der Waals surface area (Å²) in [5, 5.41) is 42.0. The van der Waals surface area contributed by atoms with Gasteiger partial charge >= 0.3 is 10.4 Å². The number of thioether (sulfide) groups is 1. The first-order valence-corrected chi connectivity index (χ1v) is 20.6. The lowest BCUT2D eigenvalue weighted by Crippen LogP contribution is -2.06. The van der Waals surface area contributed by atoms with E-state index in [9.17, 15) is 34.9 Å². The summed E-state index contributed by atoms with van der Waals surface area (Å²) in [5.41, 5.74) is 5.27. The average Bonchev–Trinajstić information content (AvgIpc) is 3.11. The summed E-state index contributed by atoms with van der Waals surface area (Å²) in [5.74, 6) is -0.974. The van der Waals surface area contributed by atoms with E-state index < -0.39 is 46.7 Å². The fourth-order valence-corrected chi connectivity index (χ4v) is 7.59. The molecule has 296 valence electrons. The lowest BCUT2D eigenvalue weighted by Gasteiger charge is -2.14. The van der Waals surface area contributed by atoms with Crippen LogP contribution >= 0.6 is 23.8 Å². The van der Waals surface area contributed by atoms with Gasteiger partial charge in [-0.3, -0.25) is 14.0 Å². The van der Waals surface area contributed by atoms with E-state index in [0.29, 0.717) is 29.8 Å². The Balaban J connectivity index is 0.00000812. The summed E-state index contributed by atoms with van der Waals surface area (Å²) >= 11 is 1.27. The van der Waals surface area contributed by atoms with Crippen LogP contribution < -0.4 is 10.5 Å². The van der Waals surface area contributed by atoms with Gasteiger partial charge in [-0.2, -0.15) is 21.9 Å². The number of phenols is 1. The van der Waals surface area contributed by atoms with Crippen LogP contribution in [0.25, 0.3) is 10.8 Å². The van der Waals surface area contributed by atoms with Crippen molar-refractivity contribution in [2.75, 3.05) is 18.6 Å². The number of nitrogens with two attached hydrogens (primary N) is 1. The Kier molecular flexibility index (Phi) is 15.7. The third-order valence-corrected chi connectivity index (χ3v) is 11.0. The van der Waals surface area contributed by atoms with Gasteiger partial charge in [0, 0.05) is 10.1 Å². The lowest BCUT2D eigenvalue weighted by molar-refractivity contribution is -0.432. The first-order chi connectivity index (χ1) is 25.5. The molecule has 55 heavy (non-hydrogen) atoms. The van der Waals surface area contributed by atoms with Crippen LogP contribution in [0.5, 0.6) is 11.5 Å². The number of phenolic OH excluding ortho intramolecular Hbond substituents is 1. The Morgan fingerprint density at radius 2 is 1.60 bits per heavy atom. The Morgan fingerprint density at radius 1 is 0.909 bits per heavy atom. The molecule has 0 aromatic heterocycles. The number of fused-ring (bicyclic) bond motifs is 1. The second kappa shape index (κ2) is 19.3. The van der Waals surface area contributed by atoms with E-state index in [1.165, 1.54) is 37.4 Å². The molecule has 0 bridgehead atoms. The van der Waals surface area contributed by atoms with Crippen LogP contribution in [0.1, 0.15) is 19.8 Å². The predicted octanol–water partition coefficient (Wildman–Crippen LogP) is 6.15. The molecule has 0 saturated heterocycles. The molecule has 4 aromatic carbocycles. The average molecular weight is 864 g/mol. The Labute approximate surface area is 321 Å². The largest absolute Gasteiger partial charge is 0.505 e. The van der Waals surface area contributed by atoms with E-state index in [1.54, 1.807) is 12.1 Å². The van der Waals surface area contributed by atoms with Crippen LogP contribution in [-0.2, 0) is 48.9 Å². The van der Waals surface area contributed by atoms with Gasteiger partial charge in [0.2, 0.25) is 0 Å². The third-order valence-electron chi connectivity index (χ3n) is 6.75. The summed E-state index contributed by atoms with van der Waals surface area (Å²) in [6.45, 7) is 1.83. The van der Waals surface area contributed by atoms with Crippen LogP contribution in [0.4, 0.5) is 28.4 Å². The second-order valence-corrected chi connectivity index (χ2v) is 16.4. The SMILES string of the molecule is CCCCS(=O)(=O)c1ccc(OC)c(N=Nc2c(S(=O)(=O)O)cc3cc(SOOO)c(N=Nc4ccc(SC#COOS(=O)(=O)O)cc4)c(N)c3c2O)c1.O. The minimum atomic E-state index is -5.11. The van der Waals surface area contributed by atoms with Crippen molar-refractivity contribution in [2.45, 2.75) is 39.3 Å². The predicted molar refractivity (Wildman–Crippen MR) is 196 cm³/mol. The standard InChI is InChI=1S/C29H27N5O15S5.H2O/c1-3-4-13-52(37,38)20-9-10-22(45-2)21(16-20)32-34-28-24(53(39,40)41)15-17-14-23(51-48-47-36)27(26(30)25(17)29(28)35)33-31-18-5-7-19(8-6-18)50-12-11-46-49-54(42,43)44;/h5-10,14-16,35-36H,3-4,13,30H2,1-2H3,(H,39,40,41)(H,42,43,44);1H2. The third kappa shape index (κ3) is 11.9. The van der Waals surface area contributed by atoms with Crippen LogP contribution in [0.2, 0.25) is 0 Å². The van der Waals surface area contributed by atoms with Crippen LogP contribution in [0.15, 0.2) is 94.6 Å². The maximum atomic E-state index is 12.8. The molecule has 4 aromatic rings. The highest BCUT2D eigenvalue weighted by molar-refractivity contribution is 8.04. The summed E-state index contributed by atoms with van der Waals surface area (Å²) in [6, 6.07) is 12.0. The number of hydrogen-bond acceptors (Lipinski definition) is 20. The Bertz CT molecular complexity index is 2490. The van der Waals surface area contributed by atoms with Gasteiger partial charge in [-0.15, -0.1) is 19.7 Å². The zero-order valence-electron chi connectivity index (χ0n) is 28.0. The van der Waals surface area contributed by atoms with Gasteiger partial charge in [0.25, 0.3) is 10.1 Å². The molecule has 21 nitrogen and oxygen atoms in total. The van der Waals surface area contributed by atoms with Gasteiger partial charge in [-0.25, -0.2) is 13.7 Å². The number of nitrogens with zero attached hydrogens (tertiary/aromatic N) is 4. The number of benzene rings is 4. The van der Waals surface area contributed by atoms with Gasteiger partial charge < -0.3 is 21.1 Å². The maximum absolute atomic E-state index is 12.8. The number of unbranched alkanes of at least 4 members (excludes halogenated alkanes) is 1. The van der Waals surface area contributed by atoms with Gasteiger partial charge in [-0.1, -0.05) is 18.4 Å². The van der Waals surface area contributed by atoms with Crippen molar-refractivity contribution < 1.29 is 73.5 Å². The molecule has 8 N–H and O–H groups in total. The van der Waals surface area contributed by atoms with E-state index in [-0.39, 0.29) is 60.3 Å². The van der Waals surface area contributed by atoms with Crippen LogP contribution in [0, 0.1) is 11.4 Å². The smallest absolute Gasteiger partial charge is 0.433 e.